The number of hydrogen-bond donors (Lipinski definition) is 2. The summed E-state index contributed by atoms with van der Waals surface area (Å²) in [6, 6.07) is 0. The van der Waals surface area contributed by atoms with Gasteiger partial charge in [0.1, 0.15) is 4.99 Å². The molecule has 3 N–H and O–H groups in total. The van der Waals surface area contributed by atoms with Gasteiger partial charge in [-0.25, -0.2) is 0 Å². The zero-order chi connectivity index (χ0) is 15.4. The van der Waals surface area contributed by atoms with Gasteiger partial charge in [-0.3, -0.25) is 0 Å². The number of anilines is 1. The average molecular weight is 306 g/mol. The minimum absolute atomic E-state index is 0.391. The quantitative estimate of drug-likeness (QED) is 0.817. The maximum Gasteiger partial charge on any atom is 0.159 e. The van der Waals surface area contributed by atoms with E-state index in [0.29, 0.717) is 4.99 Å². The molecule has 1 heterocycles. The van der Waals surface area contributed by atoms with Crippen molar-refractivity contribution >= 4 is 23.0 Å². The van der Waals surface area contributed by atoms with Gasteiger partial charge in [0.2, 0.25) is 0 Å². The number of aryl methyl sites for hydroxylation is 1. The number of aromatic nitrogens is 2. The fraction of sp³-hybridized carbons (Fsp3) is 0.688. The van der Waals surface area contributed by atoms with E-state index in [1.165, 1.54) is 32.1 Å². The molecule has 0 atom stereocenters. The van der Waals surface area contributed by atoms with Crippen molar-refractivity contribution in [1.82, 2.24) is 10.2 Å². The zero-order valence-electron chi connectivity index (χ0n) is 13.3. The first-order valence-electron chi connectivity index (χ1n) is 7.90. The molecule has 2 rings (SSSR count). The molecule has 1 aromatic heterocycles. The van der Waals surface area contributed by atoms with Crippen LogP contribution in [-0.4, -0.2) is 21.7 Å². The summed E-state index contributed by atoms with van der Waals surface area (Å²) in [4.78, 5) is 0.391. The molecule has 116 valence electrons. The van der Waals surface area contributed by atoms with Gasteiger partial charge < -0.3 is 11.1 Å². The Kier molecular flexibility index (Phi) is 5.51. The Morgan fingerprint density at radius 3 is 2.38 bits per heavy atom. The highest BCUT2D eigenvalue weighted by Crippen LogP contribution is 2.31. The lowest BCUT2D eigenvalue weighted by atomic mass is 9.81. The Balaban J connectivity index is 2.01. The first kappa shape index (κ1) is 16.1. The van der Waals surface area contributed by atoms with Crippen LogP contribution >= 0.6 is 12.2 Å². The van der Waals surface area contributed by atoms with E-state index in [4.69, 9.17) is 18.0 Å². The van der Waals surface area contributed by atoms with Crippen LogP contribution in [0.2, 0.25) is 0 Å². The van der Waals surface area contributed by atoms with E-state index in [2.05, 4.69) is 22.4 Å². The van der Waals surface area contributed by atoms with Crippen molar-refractivity contribution in [2.24, 2.45) is 17.6 Å². The molecule has 0 aliphatic heterocycles. The van der Waals surface area contributed by atoms with Crippen LogP contribution in [0.3, 0.4) is 0 Å². The van der Waals surface area contributed by atoms with E-state index in [1.807, 2.05) is 13.8 Å². The molecule has 1 aromatic rings. The largest absolute Gasteiger partial charge is 0.389 e. The number of nitrogens with one attached hydrogen (secondary N) is 1. The van der Waals surface area contributed by atoms with Gasteiger partial charge in [0, 0.05) is 6.54 Å². The summed E-state index contributed by atoms with van der Waals surface area (Å²) in [5.41, 5.74) is 8.60. The summed E-state index contributed by atoms with van der Waals surface area (Å²) in [7, 11) is 0. The van der Waals surface area contributed by atoms with Crippen LogP contribution in [0.5, 0.6) is 0 Å². The third-order valence-corrected chi connectivity index (χ3v) is 5.01. The van der Waals surface area contributed by atoms with Gasteiger partial charge >= 0.3 is 0 Å². The lowest BCUT2D eigenvalue weighted by Crippen LogP contribution is -2.24. The SMILES string of the molecule is CCC1CCC(CNc2nnc(C)c(C)c2C(N)=S)CC1. The molecule has 5 heteroatoms. The van der Waals surface area contributed by atoms with Crippen LogP contribution in [0.15, 0.2) is 0 Å². The van der Waals surface area contributed by atoms with Crippen LogP contribution in [0.25, 0.3) is 0 Å². The molecule has 21 heavy (non-hydrogen) atoms. The van der Waals surface area contributed by atoms with Crippen LogP contribution in [0, 0.1) is 25.7 Å². The normalized spacial score (nSPS) is 22.0. The number of nitrogens with two attached hydrogens (primary N) is 1. The Morgan fingerprint density at radius 1 is 1.19 bits per heavy atom. The molecule has 0 aromatic carbocycles. The predicted octanol–water partition coefficient (Wildman–Crippen LogP) is 3.36. The van der Waals surface area contributed by atoms with Gasteiger partial charge in [0.25, 0.3) is 0 Å². The molecular weight excluding hydrogens is 280 g/mol. The summed E-state index contributed by atoms with van der Waals surface area (Å²) in [5, 5.41) is 11.9. The smallest absolute Gasteiger partial charge is 0.159 e. The summed E-state index contributed by atoms with van der Waals surface area (Å²) >= 11 is 5.17. The van der Waals surface area contributed by atoms with Gasteiger partial charge in [-0.05, 0) is 44.1 Å². The molecule has 4 nitrogen and oxygen atoms in total. The van der Waals surface area contributed by atoms with E-state index in [1.54, 1.807) is 0 Å². The number of hydrogen-bond acceptors (Lipinski definition) is 4. The molecule has 0 amide bonds. The summed E-state index contributed by atoms with van der Waals surface area (Å²) < 4.78 is 0. The summed E-state index contributed by atoms with van der Waals surface area (Å²) in [5.74, 6) is 2.38. The van der Waals surface area contributed by atoms with Gasteiger partial charge in [-0.2, -0.15) is 5.10 Å². The Bertz CT molecular complexity index is 507. The van der Waals surface area contributed by atoms with Crippen molar-refractivity contribution in [3.05, 3.63) is 16.8 Å². The van der Waals surface area contributed by atoms with Gasteiger partial charge in [0.15, 0.2) is 5.82 Å². The highest BCUT2D eigenvalue weighted by atomic mass is 32.1. The molecule has 1 aliphatic rings. The summed E-state index contributed by atoms with van der Waals surface area (Å²) in [6.07, 6.45) is 6.61. The zero-order valence-corrected chi connectivity index (χ0v) is 14.1. The maximum atomic E-state index is 5.85. The van der Waals surface area contributed by atoms with E-state index < -0.39 is 0 Å². The third kappa shape index (κ3) is 3.90. The minimum atomic E-state index is 0.391. The number of nitrogens with zero attached hydrogens (tertiary/aromatic N) is 2. The van der Waals surface area contributed by atoms with Crippen molar-refractivity contribution < 1.29 is 0 Å². The van der Waals surface area contributed by atoms with Crippen molar-refractivity contribution in [1.29, 1.82) is 0 Å². The molecule has 0 saturated heterocycles. The molecular formula is C16H26N4S. The molecule has 0 unspecified atom stereocenters. The topological polar surface area (TPSA) is 63.8 Å². The molecule has 0 bridgehead atoms. The van der Waals surface area contributed by atoms with E-state index >= 15 is 0 Å². The van der Waals surface area contributed by atoms with Crippen LogP contribution in [0.4, 0.5) is 5.82 Å². The van der Waals surface area contributed by atoms with E-state index in [-0.39, 0.29) is 0 Å². The van der Waals surface area contributed by atoms with Crippen LogP contribution < -0.4 is 11.1 Å². The highest BCUT2D eigenvalue weighted by molar-refractivity contribution is 7.80. The summed E-state index contributed by atoms with van der Waals surface area (Å²) in [6.45, 7) is 7.15. The first-order valence-corrected chi connectivity index (χ1v) is 8.31. The lowest BCUT2D eigenvalue weighted by Gasteiger charge is -2.28. The van der Waals surface area contributed by atoms with Crippen LogP contribution in [0.1, 0.15) is 55.8 Å². The highest BCUT2D eigenvalue weighted by Gasteiger charge is 2.21. The number of rotatable bonds is 5. The predicted molar refractivity (Wildman–Crippen MR) is 91.6 cm³/mol. The Hall–Kier alpha value is -1.23. The first-order chi connectivity index (χ1) is 10.0. The second-order valence-corrected chi connectivity index (χ2v) is 6.61. The standard InChI is InChI=1S/C16H26N4S/c1-4-12-5-7-13(8-6-12)9-18-16-14(15(17)21)10(2)11(3)19-20-16/h12-13H,4-9H2,1-3H3,(H2,17,21)(H,18,20). The molecule has 1 saturated carbocycles. The third-order valence-electron chi connectivity index (χ3n) is 4.80. The monoisotopic (exact) mass is 306 g/mol. The van der Waals surface area contributed by atoms with Crippen molar-refractivity contribution in [2.75, 3.05) is 11.9 Å². The van der Waals surface area contributed by atoms with Gasteiger partial charge in [-0.1, -0.05) is 38.4 Å². The van der Waals surface area contributed by atoms with Crippen molar-refractivity contribution in [2.45, 2.75) is 52.9 Å². The minimum Gasteiger partial charge on any atom is -0.389 e. The fourth-order valence-electron chi connectivity index (χ4n) is 3.12. The fourth-order valence-corrected chi connectivity index (χ4v) is 3.37. The molecule has 1 aliphatic carbocycles. The second kappa shape index (κ2) is 7.16. The second-order valence-electron chi connectivity index (χ2n) is 6.17. The van der Waals surface area contributed by atoms with Crippen LogP contribution in [-0.2, 0) is 0 Å². The van der Waals surface area contributed by atoms with E-state index in [9.17, 15) is 0 Å². The van der Waals surface area contributed by atoms with Gasteiger partial charge in [0.05, 0.1) is 11.3 Å². The van der Waals surface area contributed by atoms with E-state index in [0.717, 1.165) is 41.0 Å². The Labute approximate surface area is 132 Å². The maximum absolute atomic E-state index is 5.85. The lowest BCUT2D eigenvalue weighted by molar-refractivity contribution is 0.278. The number of thiocarbonyl (C=S) groups is 1. The van der Waals surface area contributed by atoms with Crippen molar-refractivity contribution in [3.8, 4) is 0 Å². The average Bonchev–Trinajstić information content (AvgIpc) is 2.48. The molecule has 0 spiro atoms. The van der Waals surface area contributed by atoms with Crippen molar-refractivity contribution in [3.63, 3.8) is 0 Å². The molecule has 1 fully saturated rings. The van der Waals surface area contributed by atoms with Gasteiger partial charge in [-0.15, -0.1) is 5.10 Å². The Morgan fingerprint density at radius 2 is 1.81 bits per heavy atom. The molecule has 0 radical (unpaired) electrons.